The third-order valence-corrected chi connectivity index (χ3v) is 12.0. The number of carboxylic acids is 1. The number of fused-ring (bicyclic) bond motifs is 1. The summed E-state index contributed by atoms with van der Waals surface area (Å²) in [5.74, 6) is -0.789. The molecular weight excluding hydrogens is 701 g/mol. The number of hydrogen-bond acceptors (Lipinski definition) is 7. The Morgan fingerprint density at radius 1 is 1.09 bits per heavy atom. The van der Waals surface area contributed by atoms with Crippen LogP contribution in [0.2, 0.25) is 0 Å². The van der Waals surface area contributed by atoms with Gasteiger partial charge in [-0.05, 0) is 6.92 Å². The van der Waals surface area contributed by atoms with Crippen molar-refractivity contribution in [1.29, 1.82) is 0 Å². The molecule has 1 fully saturated rings. The van der Waals surface area contributed by atoms with Crippen molar-refractivity contribution in [1.82, 2.24) is 9.80 Å². The van der Waals surface area contributed by atoms with Gasteiger partial charge in [-0.3, -0.25) is 4.79 Å². The van der Waals surface area contributed by atoms with Gasteiger partial charge in [0.25, 0.3) is 0 Å². The molecule has 10 nitrogen and oxygen atoms in total. The van der Waals surface area contributed by atoms with E-state index in [1.165, 1.54) is 12.5 Å². The first-order valence-corrected chi connectivity index (χ1v) is 24.0. The van der Waals surface area contributed by atoms with E-state index in [1.807, 2.05) is 41.0 Å². The molecular formula is C35H51IN3O7-. The number of aliphatic carboxylic acids is 1. The van der Waals surface area contributed by atoms with Crippen molar-refractivity contribution in [2.24, 2.45) is 5.92 Å². The van der Waals surface area contributed by atoms with Gasteiger partial charge in [0.2, 0.25) is 18.4 Å². The predicted octanol–water partition coefficient (Wildman–Crippen LogP) is 1.53. The minimum absolute atomic E-state index is 0.0563. The van der Waals surface area contributed by atoms with Crippen molar-refractivity contribution < 1.29 is 52.1 Å². The van der Waals surface area contributed by atoms with Crippen LogP contribution < -0.4 is 37.5 Å². The zero-order valence-electron chi connectivity index (χ0n) is 28.4. The van der Waals surface area contributed by atoms with Crippen LogP contribution in [0.1, 0.15) is 57.1 Å². The number of ether oxygens (including phenoxy) is 3. The monoisotopic (exact) mass is 752 g/mol. The number of carboxylic acid groups (broad SMARTS) is 1. The summed E-state index contributed by atoms with van der Waals surface area (Å²) < 4.78 is 17.9. The van der Waals surface area contributed by atoms with Crippen molar-refractivity contribution >= 4 is 23.5 Å². The van der Waals surface area contributed by atoms with E-state index < -0.39 is 42.3 Å². The Balaban J connectivity index is 1.69. The molecule has 0 unspecified atom stereocenters. The zero-order valence-corrected chi connectivity index (χ0v) is 30.5. The number of halogens is 1. The van der Waals surface area contributed by atoms with Crippen LogP contribution in [0.25, 0.3) is 0 Å². The van der Waals surface area contributed by atoms with Crippen molar-refractivity contribution in [3.8, 4) is 17.2 Å². The van der Waals surface area contributed by atoms with E-state index in [0.717, 1.165) is 28.5 Å². The van der Waals surface area contributed by atoms with Gasteiger partial charge in [0.15, 0.2) is 11.5 Å². The molecule has 2 amide bonds. The molecule has 2 aliphatic heterocycles. The minimum atomic E-state index is -1.81. The van der Waals surface area contributed by atoms with Gasteiger partial charge in [0, 0.05) is 13.5 Å². The van der Waals surface area contributed by atoms with Gasteiger partial charge >= 0.3 is 202 Å². The molecule has 4 rings (SSSR count). The second-order valence-corrected chi connectivity index (χ2v) is 24.8. The molecule has 0 bridgehead atoms. The number of unbranched alkanes of at least 4 members (excludes halogenated alkanes) is 1. The molecule has 1 N–H and O–H groups in total. The third-order valence-electron chi connectivity index (χ3n) is 8.82. The summed E-state index contributed by atoms with van der Waals surface area (Å²) in [6.45, 7) is 7.57. The molecule has 2 aliphatic rings. The number of rotatable bonds is 15. The Bertz CT molecular complexity index is 1390. The van der Waals surface area contributed by atoms with Crippen molar-refractivity contribution in [3.05, 3.63) is 47.5 Å². The first kappa shape index (κ1) is 35.8. The predicted molar refractivity (Wildman–Crippen MR) is 176 cm³/mol. The number of nitrogens with zero attached hydrogens (tertiary/aromatic N) is 3. The molecule has 0 aromatic heterocycles. The molecule has 256 valence electrons. The van der Waals surface area contributed by atoms with Crippen LogP contribution in [0.15, 0.2) is 36.4 Å². The molecule has 2 heterocycles. The van der Waals surface area contributed by atoms with Crippen LogP contribution in [0.4, 0.5) is 5.69 Å². The van der Waals surface area contributed by atoms with E-state index >= 15 is 0 Å². The van der Waals surface area contributed by atoms with Crippen LogP contribution in [0, 0.1) is 5.92 Å². The van der Waals surface area contributed by atoms with Crippen molar-refractivity contribution in [3.63, 3.8) is 0 Å². The fraction of sp³-hybridized carbons (Fsp3) is 0.571. The second kappa shape index (κ2) is 15.7. The van der Waals surface area contributed by atoms with Crippen molar-refractivity contribution in [2.45, 2.75) is 56.4 Å². The molecule has 46 heavy (non-hydrogen) atoms. The van der Waals surface area contributed by atoms with Crippen LogP contribution in [-0.4, -0.2) is 100 Å². The fourth-order valence-electron chi connectivity index (χ4n) is 6.62. The fourth-order valence-corrected chi connectivity index (χ4v) is 9.74. The average molecular weight is 753 g/mol. The van der Waals surface area contributed by atoms with Gasteiger partial charge in [0.1, 0.15) is 0 Å². The first-order valence-electron chi connectivity index (χ1n) is 16.0. The Hall–Kier alpha value is -3.06. The van der Waals surface area contributed by atoms with Gasteiger partial charge < -0.3 is 14.2 Å². The molecule has 1 saturated heterocycles. The molecule has 2 aromatic carbocycles. The second-order valence-electron chi connectivity index (χ2n) is 12.9. The summed E-state index contributed by atoms with van der Waals surface area (Å²) in [6.07, 6.45) is 2.23. The molecule has 0 spiro atoms. The number of alkyl halides is 4. The van der Waals surface area contributed by atoms with Gasteiger partial charge in [-0.1, -0.05) is 0 Å². The number of anilines is 1. The normalized spacial score (nSPS) is 19.6. The number of carbonyl (C=O) groups is 3. The molecule has 0 radical (unpaired) electrons. The van der Waals surface area contributed by atoms with Gasteiger partial charge in [-0.25, -0.2) is 0 Å². The van der Waals surface area contributed by atoms with Gasteiger partial charge in [0.05, 0.1) is 7.11 Å². The van der Waals surface area contributed by atoms with E-state index in [4.69, 9.17) is 14.2 Å². The van der Waals surface area contributed by atoms with Crippen LogP contribution in [0.5, 0.6) is 17.2 Å². The van der Waals surface area contributed by atoms with E-state index in [2.05, 4.69) is 33.8 Å². The first-order chi connectivity index (χ1) is 21.9. The van der Waals surface area contributed by atoms with Crippen LogP contribution in [-0.2, 0) is 18.8 Å². The Kier molecular flexibility index (Phi) is 12.2. The van der Waals surface area contributed by atoms with E-state index in [1.54, 1.807) is 12.0 Å². The number of benzene rings is 2. The van der Waals surface area contributed by atoms with E-state index in [-0.39, 0.29) is 25.2 Å². The number of carbonyl (C=O) groups excluding carboxylic acids is 2. The maximum absolute atomic E-state index is 14.3. The summed E-state index contributed by atoms with van der Waals surface area (Å²) in [5.41, 5.74) is 2.90. The standard InChI is InChI=1S/C35H51IN3O7/c1-8-10-15-39(27-13-11-12-25(17-27)20-36(4,5)6)32(41)22-38-21-28(26-18-30(44-7)34-31(19-26)45-23-46-34)33(35(42)43)29(38)14-16-37(9-2)24(3)40/h11-13,17-19,28-29,33H,8-10,14-16,20-23H2,1-7H3,(H,42,43)/q-1/t28-,29+,33-/m1/s1. The Labute approximate surface area is 277 Å². The summed E-state index contributed by atoms with van der Waals surface area (Å²) in [7, 11) is 1.55. The number of amides is 2. The zero-order chi connectivity index (χ0) is 33.6. The van der Waals surface area contributed by atoms with Crippen LogP contribution >= 0.6 is 0 Å². The van der Waals surface area contributed by atoms with Gasteiger partial charge in [-0.15, -0.1) is 0 Å². The van der Waals surface area contributed by atoms with E-state index in [9.17, 15) is 19.5 Å². The topological polar surface area (TPSA) is 109 Å². The maximum atomic E-state index is 14.3. The van der Waals surface area contributed by atoms with E-state index in [0.29, 0.717) is 49.8 Å². The molecule has 11 heteroatoms. The Morgan fingerprint density at radius 2 is 1.85 bits per heavy atom. The Morgan fingerprint density at radius 3 is 2.48 bits per heavy atom. The van der Waals surface area contributed by atoms with Crippen LogP contribution in [0.3, 0.4) is 0 Å². The quantitative estimate of drug-likeness (QED) is 0.216. The molecule has 0 aliphatic carbocycles. The summed E-state index contributed by atoms with van der Waals surface area (Å²) in [4.78, 5) is 52.3. The summed E-state index contributed by atoms with van der Waals surface area (Å²) in [6, 6.07) is 11.5. The molecule has 2 aromatic rings. The number of likely N-dealkylation sites (tertiary alicyclic amines) is 1. The summed E-state index contributed by atoms with van der Waals surface area (Å²) in [5, 5.41) is 10.7. The SMILES string of the molecule is CCCCN(C(=O)CN1C[C@H](c2cc(OC)c3c(c2)OCO3)[C@@H](C(=O)O)[C@@H]1CCN(CC)C(C)=O)c1cccc(C[I-](C)(C)C)c1. The summed E-state index contributed by atoms with van der Waals surface area (Å²) >= 11 is -1.81. The number of hydrogen-bond donors (Lipinski definition) is 1. The number of methoxy groups -OCH3 is 1. The van der Waals surface area contributed by atoms with Crippen molar-refractivity contribution in [2.75, 3.05) is 66.3 Å². The average Bonchev–Trinajstić information content (AvgIpc) is 3.61. The van der Waals surface area contributed by atoms with Gasteiger partial charge in [-0.2, -0.15) is 0 Å². The molecule has 3 atom stereocenters. The molecule has 0 saturated carbocycles. The third kappa shape index (κ3) is 8.64.